The highest BCUT2D eigenvalue weighted by atomic mass is 16.3. The predicted octanol–water partition coefficient (Wildman–Crippen LogP) is 5.17. The van der Waals surface area contributed by atoms with E-state index in [1.807, 2.05) is 12.1 Å². The molecule has 0 amide bonds. The topological polar surface area (TPSA) is 83.7 Å². The fourth-order valence-corrected chi connectivity index (χ4v) is 11.2. The van der Waals surface area contributed by atoms with Crippen LogP contribution in [0.3, 0.4) is 0 Å². The second-order valence-electron chi connectivity index (χ2n) is 15.2. The van der Waals surface area contributed by atoms with E-state index in [2.05, 4.69) is 69.0 Å². The first-order chi connectivity index (χ1) is 21.8. The molecule has 3 N–H and O–H groups in total. The minimum atomic E-state index is -1.03. The number of nitrogens with zero attached hydrogens (tertiary/aromatic N) is 3. The molecule has 45 heavy (non-hydrogen) atoms. The molecule has 3 saturated heterocycles. The van der Waals surface area contributed by atoms with Gasteiger partial charge in [0.2, 0.25) is 5.69 Å². The normalized spacial score (nSPS) is 39.4. The summed E-state index contributed by atoms with van der Waals surface area (Å²) in [4.78, 5) is 21.8. The maximum absolute atomic E-state index is 13.3. The third kappa shape index (κ3) is 3.93. The van der Waals surface area contributed by atoms with Crippen molar-refractivity contribution in [3.05, 3.63) is 66.5 Å². The molecule has 3 aromatic rings. The number of ketones is 1. The van der Waals surface area contributed by atoms with Crippen LogP contribution in [-0.4, -0.2) is 74.6 Å². The number of aryl methyl sites for hydroxylation is 1. The number of hydrogen-bond donors (Lipinski definition) is 3. The average Bonchev–Trinajstić information content (AvgIpc) is 3.42. The Kier molecular flexibility index (Phi) is 6.14. The number of phenols is 1. The van der Waals surface area contributed by atoms with Crippen molar-refractivity contribution in [2.45, 2.75) is 75.5 Å². The number of aliphatic hydroxyl groups is 1. The van der Waals surface area contributed by atoms with Crippen molar-refractivity contribution in [3.8, 4) is 5.75 Å². The number of pyridine rings is 1. The third-order valence-electron chi connectivity index (χ3n) is 12.7. The van der Waals surface area contributed by atoms with E-state index in [0.29, 0.717) is 12.8 Å². The summed E-state index contributed by atoms with van der Waals surface area (Å²) in [6.07, 6.45) is 21.9. The summed E-state index contributed by atoms with van der Waals surface area (Å²) >= 11 is 0. The Bertz CT molecular complexity index is 1820. The quantitative estimate of drug-likeness (QED) is 0.263. The minimum Gasteiger partial charge on any atom is -0.506 e. The molecule has 7 heterocycles. The van der Waals surface area contributed by atoms with Gasteiger partial charge < -0.3 is 20.1 Å². The number of H-pyrrole nitrogens is 1. The first-order valence-electron chi connectivity index (χ1n) is 17.3. The van der Waals surface area contributed by atoms with Crippen LogP contribution in [0.1, 0.15) is 63.5 Å². The fourth-order valence-electron chi connectivity index (χ4n) is 11.2. The van der Waals surface area contributed by atoms with E-state index in [9.17, 15) is 15.0 Å². The van der Waals surface area contributed by atoms with Gasteiger partial charge in [-0.2, -0.15) is 4.57 Å². The highest BCUT2D eigenvalue weighted by Crippen LogP contribution is 2.65. The molecule has 234 valence electrons. The summed E-state index contributed by atoms with van der Waals surface area (Å²) in [7, 11) is 2.13. The zero-order valence-electron chi connectivity index (χ0n) is 26.3. The Labute approximate surface area is 264 Å². The summed E-state index contributed by atoms with van der Waals surface area (Å²) in [5.74, 6) is 0.773. The number of phenolic OH excluding ortho intramolecular Hbond substituents is 1. The number of carbonyl (C=O) groups excluding carboxylic acids is 1. The van der Waals surface area contributed by atoms with Crippen molar-refractivity contribution in [1.29, 1.82) is 0 Å². The molecule has 1 aromatic carbocycles. The van der Waals surface area contributed by atoms with E-state index in [-0.39, 0.29) is 40.4 Å². The first-order valence-corrected chi connectivity index (χ1v) is 17.3. The van der Waals surface area contributed by atoms with Crippen LogP contribution in [0.2, 0.25) is 0 Å². The van der Waals surface area contributed by atoms with Crippen molar-refractivity contribution in [3.63, 3.8) is 0 Å². The number of hydrogen-bond acceptors (Lipinski definition) is 5. The molecule has 7 aliphatic rings. The molecule has 5 aliphatic heterocycles. The number of allylic oxidation sites excluding steroid dienone is 3. The van der Waals surface area contributed by atoms with Gasteiger partial charge in [-0.15, -0.1) is 0 Å². The number of aromatic amines is 1. The van der Waals surface area contributed by atoms with Crippen LogP contribution in [0.5, 0.6) is 5.75 Å². The molecule has 2 aliphatic carbocycles. The van der Waals surface area contributed by atoms with E-state index in [4.69, 9.17) is 0 Å². The maximum Gasteiger partial charge on any atom is 0.232 e. The standard InChI is InChI=1S/C38H44N4O3/c1-40-20-13-27-26-9-6-10-30(44)32(26)39-33(27)34(40)28-22-38(45)17-3-2-15-36-16-4-5-18-41-21-14-29(28)37(23-36,24-41)35(38)42-19-7-8-25(43)11-12-31(36)42/h2,6,9-13,15,20,22,29,31,35,44-45H,3-5,7-8,14,16-19,21,23-24H2,1H3/p+1/b12-11-,15-2+/t29?,31-,35+,36?,37-,38-/m0/s1. The lowest BCUT2D eigenvalue weighted by atomic mass is 9.47. The molecule has 5 bridgehead atoms. The summed E-state index contributed by atoms with van der Waals surface area (Å²) in [5, 5.41) is 26.2. The van der Waals surface area contributed by atoms with Crippen LogP contribution in [0.4, 0.5) is 0 Å². The largest absolute Gasteiger partial charge is 0.506 e. The molecule has 10 rings (SSSR count). The van der Waals surface area contributed by atoms with Gasteiger partial charge in [0.05, 0.1) is 17.2 Å². The smallest absolute Gasteiger partial charge is 0.232 e. The Balaban J connectivity index is 1.34. The lowest BCUT2D eigenvalue weighted by Gasteiger charge is -2.68. The molecule has 7 heteroatoms. The van der Waals surface area contributed by atoms with Crippen molar-refractivity contribution in [1.82, 2.24) is 14.8 Å². The van der Waals surface area contributed by atoms with Gasteiger partial charge in [-0.1, -0.05) is 36.8 Å². The number of benzene rings is 1. The Morgan fingerprint density at radius 1 is 1.04 bits per heavy atom. The molecular weight excluding hydrogens is 560 g/mol. The van der Waals surface area contributed by atoms with Gasteiger partial charge in [0.15, 0.2) is 12.0 Å². The molecule has 3 unspecified atom stereocenters. The highest BCUT2D eigenvalue weighted by Gasteiger charge is 2.68. The number of fused-ring (bicyclic) bond motifs is 6. The average molecular weight is 606 g/mol. The van der Waals surface area contributed by atoms with Crippen LogP contribution in [-0.2, 0) is 11.8 Å². The van der Waals surface area contributed by atoms with Gasteiger partial charge >= 0.3 is 0 Å². The fraction of sp³-hybridized carbons (Fsp3) is 0.526. The summed E-state index contributed by atoms with van der Waals surface area (Å²) in [5.41, 5.74) is 2.94. The molecule has 2 spiro atoms. The molecule has 0 saturated carbocycles. The van der Waals surface area contributed by atoms with E-state index in [1.54, 1.807) is 6.07 Å². The lowest BCUT2D eigenvalue weighted by molar-refractivity contribution is -0.672. The molecule has 2 aromatic heterocycles. The van der Waals surface area contributed by atoms with Crippen molar-refractivity contribution in [2.24, 2.45) is 23.8 Å². The highest BCUT2D eigenvalue weighted by molar-refractivity contribution is 6.11. The van der Waals surface area contributed by atoms with Crippen LogP contribution >= 0.6 is 0 Å². The SMILES string of the molecule is C[n+]1ccc2c([nH]c3c(O)cccc32)c1C1=C[C@@]2(O)CC/C=C/C34CCCCN5CCC1[C@@](C5)(C3)[C@H]2N1CCCC(=O)/C=C\[C@H]14. The second kappa shape index (κ2) is 9.87. The number of aromatic nitrogens is 2. The number of para-hydroxylation sites is 1. The third-order valence-corrected chi connectivity index (χ3v) is 12.7. The molecule has 0 radical (unpaired) electrons. The van der Waals surface area contributed by atoms with Gasteiger partial charge in [-0.3, -0.25) is 9.69 Å². The zero-order valence-corrected chi connectivity index (χ0v) is 26.3. The maximum atomic E-state index is 13.3. The number of nitrogens with one attached hydrogen (secondary N) is 1. The van der Waals surface area contributed by atoms with Gasteiger partial charge in [0.1, 0.15) is 18.3 Å². The first kappa shape index (κ1) is 28.0. The monoisotopic (exact) mass is 605 g/mol. The van der Waals surface area contributed by atoms with Crippen molar-refractivity contribution in [2.75, 3.05) is 26.2 Å². The van der Waals surface area contributed by atoms with Crippen LogP contribution in [0.25, 0.3) is 27.4 Å². The van der Waals surface area contributed by atoms with Crippen molar-refractivity contribution >= 4 is 33.2 Å². The van der Waals surface area contributed by atoms with Gasteiger partial charge in [-0.05, 0) is 88.7 Å². The van der Waals surface area contributed by atoms with Gasteiger partial charge in [0, 0.05) is 52.2 Å². The van der Waals surface area contributed by atoms with Gasteiger partial charge in [-0.25, -0.2) is 0 Å². The molecule has 7 atom stereocenters. The van der Waals surface area contributed by atoms with Gasteiger partial charge in [0.25, 0.3) is 0 Å². The number of piperidine rings is 2. The predicted molar refractivity (Wildman–Crippen MR) is 175 cm³/mol. The van der Waals surface area contributed by atoms with Crippen LogP contribution in [0, 0.1) is 16.7 Å². The number of aromatic hydroxyl groups is 1. The minimum absolute atomic E-state index is 0.0215. The van der Waals surface area contributed by atoms with E-state index in [1.165, 1.54) is 18.4 Å². The zero-order chi connectivity index (χ0) is 30.6. The molecular formula is C38H45N4O3+. The number of rotatable bonds is 1. The van der Waals surface area contributed by atoms with E-state index < -0.39 is 5.60 Å². The molecule has 3 fully saturated rings. The van der Waals surface area contributed by atoms with E-state index >= 15 is 0 Å². The summed E-state index contributed by atoms with van der Waals surface area (Å²) in [6.45, 7) is 4.02. The van der Waals surface area contributed by atoms with Crippen molar-refractivity contribution < 1.29 is 19.6 Å². The Hall–Kier alpha value is -3.26. The molecule has 7 nitrogen and oxygen atoms in total. The van der Waals surface area contributed by atoms with Crippen LogP contribution < -0.4 is 4.57 Å². The summed E-state index contributed by atoms with van der Waals surface area (Å²) in [6, 6.07) is 7.99. The Morgan fingerprint density at radius 3 is 2.84 bits per heavy atom. The van der Waals surface area contributed by atoms with E-state index in [0.717, 1.165) is 85.8 Å². The second-order valence-corrected chi connectivity index (χ2v) is 15.2. The Morgan fingerprint density at radius 2 is 1.93 bits per heavy atom. The summed E-state index contributed by atoms with van der Waals surface area (Å²) < 4.78 is 2.24. The number of carbonyl (C=O) groups is 1. The van der Waals surface area contributed by atoms with Crippen LogP contribution in [0.15, 0.2) is 60.8 Å². The lowest BCUT2D eigenvalue weighted by Crippen LogP contribution is -2.76.